The van der Waals surface area contributed by atoms with Crippen molar-refractivity contribution in [1.29, 1.82) is 0 Å². The summed E-state index contributed by atoms with van der Waals surface area (Å²) in [6.07, 6.45) is -0.148. The van der Waals surface area contributed by atoms with Crippen molar-refractivity contribution in [2.75, 3.05) is 0 Å². The molecule has 0 aliphatic carbocycles. The number of benzene rings is 1. The second-order valence-electron chi connectivity index (χ2n) is 6.48. The molecule has 0 fully saturated rings. The van der Waals surface area contributed by atoms with Crippen molar-refractivity contribution in [1.82, 2.24) is 5.32 Å². The van der Waals surface area contributed by atoms with Gasteiger partial charge in [-0.05, 0) is 58.7 Å². The van der Waals surface area contributed by atoms with Gasteiger partial charge in [0.1, 0.15) is 11.6 Å². The molecule has 4 nitrogen and oxygen atoms in total. The summed E-state index contributed by atoms with van der Waals surface area (Å²) in [6.45, 7) is 9.16. The van der Waals surface area contributed by atoms with Gasteiger partial charge >= 0.3 is 0 Å². The molecule has 1 amide bonds. The third-order valence-electron chi connectivity index (χ3n) is 2.67. The van der Waals surface area contributed by atoms with Crippen molar-refractivity contribution < 1.29 is 13.9 Å². The van der Waals surface area contributed by atoms with Gasteiger partial charge < -0.3 is 15.8 Å². The highest BCUT2D eigenvalue weighted by Crippen LogP contribution is 2.19. The fraction of sp³-hybridized carbons (Fsp3) is 0.562. The van der Waals surface area contributed by atoms with E-state index >= 15 is 0 Å². The van der Waals surface area contributed by atoms with E-state index in [4.69, 9.17) is 10.5 Å². The molecule has 0 saturated carbocycles. The Kier molecular flexibility index (Phi) is 5.72. The zero-order valence-corrected chi connectivity index (χ0v) is 13.4. The van der Waals surface area contributed by atoms with Crippen molar-refractivity contribution >= 4 is 5.91 Å². The summed E-state index contributed by atoms with van der Waals surface area (Å²) in [7, 11) is 0. The van der Waals surface area contributed by atoms with E-state index in [1.54, 1.807) is 13.0 Å². The molecule has 2 unspecified atom stereocenters. The minimum Gasteiger partial charge on any atom is -0.481 e. The van der Waals surface area contributed by atoms with Gasteiger partial charge in [0.15, 0.2) is 6.10 Å². The highest BCUT2D eigenvalue weighted by molar-refractivity contribution is 5.81. The summed E-state index contributed by atoms with van der Waals surface area (Å²) in [6, 6.07) is 4.34. The van der Waals surface area contributed by atoms with E-state index in [2.05, 4.69) is 5.32 Å². The van der Waals surface area contributed by atoms with Gasteiger partial charge in [-0.1, -0.05) is 0 Å². The summed E-state index contributed by atoms with van der Waals surface area (Å²) in [4.78, 5) is 12.0. The molecular weight excluding hydrogens is 271 g/mol. The molecule has 5 heteroatoms. The molecule has 0 heterocycles. The Morgan fingerprint density at radius 1 is 1.33 bits per heavy atom. The number of amides is 1. The van der Waals surface area contributed by atoms with Crippen molar-refractivity contribution in [2.24, 2.45) is 5.73 Å². The summed E-state index contributed by atoms with van der Waals surface area (Å²) in [5, 5.41) is 2.82. The van der Waals surface area contributed by atoms with E-state index in [0.717, 1.165) is 5.56 Å². The van der Waals surface area contributed by atoms with E-state index in [9.17, 15) is 9.18 Å². The Bertz CT molecular complexity index is 496. The first-order valence-electron chi connectivity index (χ1n) is 7.10. The van der Waals surface area contributed by atoms with Gasteiger partial charge in [-0.3, -0.25) is 4.79 Å². The highest BCUT2D eigenvalue weighted by Gasteiger charge is 2.20. The first-order chi connectivity index (χ1) is 9.56. The second-order valence-corrected chi connectivity index (χ2v) is 6.48. The lowest BCUT2D eigenvalue weighted by Crippen LogP contribution is -2.46. The molecule has 1 aromatic carbocycles. The van der Waals surface area contributed by atoms with E-state index < -0.39 is 11.9 Å². The maximum atomic E-state index is 13.6. The molecule has 3 N–H and O–H groups in total. The molecule has 1 rings (SSSR count). The van der Waals surface area contributed by atoms with Crippen LogP contribution in [0.3, 0.4) is 0 Å². The molecule has 0 spiro atoms. The predicted molar refractivity (Wildman–Crippen MR) is 81.7 cm³/mol. The Labute approximate surface area is 125 Å². The molecular formula is C16H25FN2O2. The SMILES string of the molecule is CC(N)Cc1cc(F)cc(OC(C)C(=O)NC(C)(C)C)c1. The van der Waals surface area contributed by atoms with Crippen LogP contribution in [0.2, 0.25) is 0 Å². The van der Waals surface area contributed by atoms with Gasteiger partial charge in [0.05, 0.1) is 0 Å². The van der Waals surface area contributed by atoms with Crippen molar-refractivity contribution in [3.8, 4) is 5.75 Å². The molecule has 0 bridgehead atoms. The maximum Gasteiger partial charge on any atom is 0.261 e. The molecule has 2 atom stereocenters. The van der Waals surface area contributed by atoms with Gasteiger partial charge in [-0.2, -0.15) is 0 Å². The smallest absolute Gasteiger partial charge is 0.261 e. The molecule has 21 heavy (non-hydrogen) atoms. The van der Waals surface area contributed by atoms with Crippen LogP contribution in [0.15, 0.2) is 18.2 Å². The largest absolute Gasteiger partial charge is 0.481 e. The zero-order chi connectivity index (χ0) is 16.2. The van der Waals surface area contributed by atoms with Crippen LogP contribution in [0.1, 0.15) is 40.2 Å². The van der Waals surface area contributed by atoms with E-state index in [0.29, 0.717) is 12.2 Å². The van der Waals surface area contributed by atoms with Crippen LogP contribution in [0.4, 0.5) is 4.39 Å². The van der Waals surface area contributed by atoms with Gasteiger partial charge in [-0.25, -0.2) is 4.39 Å². The maximum absolute atomic E-state index is 13.6. The minimum absolute atomic E-state index is 0.0683. The number of rotatable bonds is 5. The normalized spacial score (nSPS) is 14.4. The van der Waals surface area contributed by atoms with Crippen LogP contribution in [-0.4, -0.2) is 23.6 Å². The van der Waals surface area contributed by atoms with Gasteiger partial charge in [-0.15, -0.1) is 0 Å². The van der Waals surface area contributed by atoms with E-state index in [-0.39, 0.29) is 17.5 Å². The average molecular weight is 296 g/mol. The fourth-order valence-electron chi connectivity index (χ4n) is 1.91. The van der Waals surface area contributed by atoms with Crippen molar-refractivity contribution in [2.45, 2.75) is 58.7 Å². The number of nitrogens with two attached hydrogens (primary N) is 1. The van der Waals surface area contributed by atoms with Crippen LogP contribution >= 0.6 is 0 Å². The summed E-state index contributed by atoms with van der Waals surface area (Å²) < 4.78 is 19.1. The van der Waals surface area contributed by atoms with Gasteiger partial charge in [0, 0.05) is 17.6 Å². The molecule has 0 aliphatic heterocycles. The van der Waals surface area contributed by atoms with Crippen LogP contribution in [0, 0.1) is 5.82 Å². The lowest BCUT2D eigenvalue weighted by Gasteiger charge is -2.23. The van der Waals surface area contributed by atoms with Crippen LogP contribution in [0.25, 0.3) is 0 Å². The number of carbonyl (C=O) groups excluding carboxylic acids is 1. The summed E-state index contributed by atoms with van der Waals surface area (Å²) in [5.41, 5.74) is 6.13. The number of ether oxygens (including phenoxy) is 1. The molecule has 0 radical (unpaired) electrons. The lowest BCUT2D eigenvalue weighted by molar-refractivity contribution is -0.128. The topological polar surface area (TPSA) is 64.3 Å². The van der Waals surface area contributed by atoms with Crippen LogP contribution in [0.5, 0.6) is 5.75 Å². The van der Waals surface area contributed by atoms with Gasteiger partial charge in [0.2, 0.25) is 0 Å². The van der Waals surface area contributed by atoms with Crippen molar-refractivity contribution in [3.63, 3.8) is 0 Å². The van der Waals surface area contributed by atoms with E-state index in [1.807, 2.05) is 27.7 Å². The number of nitrogens with one attached hydrogen (secondary N) is 1. The monoisotopic (exact) mass is 296 g/mol. The number of hydrogen-bond donors (Lipinski definition) is 2. The Hall–Kier alpha value is -1.62. The Balaban J connectivity index is 2.78. The fourth-order valence-corrected chi connectivity index (χ4v) is 1.91. The highest BCUT2D eigenvalue weighted by atomic mass is 19.1. The molecule has 118 valence electrons. The molecule has 1 aromatic rings. The number of carbonyl (C=O) groups is 1. The Morgan fingerprint density at radius 3 is 2.48 bits per heavy atom. The summed E-state index contributed by atoms with van der Waals surface area (Å²) in [5.74, 6) is -0.297. The van der Waals surface area contributed by atoms with Crippen LogP contribution < -0.4 is 15.8 Å². The third kappa shape index (κ3) is 6.58. The standard InChI is InChI=1S/C16H25FN2O2/c1-10(18)6-12-7-13(17)9-14(8-12)21-11(2)15(20)19-16(3,4)5/h7-11H,6,18H2,1-5H3,(H,19,20). The van der Waals surface area contributed by atoms with Crippen molar-refractivity contribution in [3.05, 3.63) is 29.6 Å². The quantitative estimate of drug-likeness (QED) is 0.877. The lowest BCUT2D eigenvalue weighted by atomic mass is 10.1. The average Bonchev–Trinajstić information content (AvgIpc) is 2.24. The first-order valence-corrected chi connectivity index (χ1v) is 7.10. The number of hydrogen-bond acceptors (Lipinski definition) is 3. The van der Waals surface area contributed by atoms with Crippen LogP contribution in [-0.2, 0) is 11.2 Å². The molecule has 0 saturated heterocycles. The van der Waals surface area contributed by atoms with Gasteiger partial charge in [0.25, 0.3) is 5.91 Å². The predicted octanol–water partition coefficient (Wildman–Crippen LogP) is 2.40. The molecule has 0 aromatic heterocycles. The second kappa shape index (κ2) is 6.89. The minimum atomic E-state index is -0.700. The molecule has 0 aliphatic rings. The third-order valence-corrected chi connectivity index (χ3v) is 2.67. The number of halogens is 1. The van der Waals surface area contributed by atoms with E-state index in [1.165, 1.54) is 12.1 Å². The summed E-state index contributed by atoms with van der Waals surface area (Å²) >= 11 is 0. The Morgan fingerprint density at radius 2 is 1.95 bits per heavy atom. The first kappa shape index (κ1) is 17.4. The zero-order valence-electron chi connectivity index (χ0n) is 13.4.